The second-order valence-electron chi connectivity index (χ2n) is 5.75. The van der Waals surface area contributed by atoms with Gasteiger partial charge in [-0.3, -0.25) is 9.59 Å². The molecule has 0 aliphatic carbocycles. The molecule has 1 heterocycles. The fraction of sp³-hybridized carbons (Fsp3) is 0.333. The Morgan fingerprint density at radius 3 is 2.32 bits per heavy atom. The Hall–Kier alpha value is -1.89. The molecule has 0 saturated heterocycles. The zero-order valence-corrected chi connectivity index (χ0v) is 16.2. The van der Waals surface area contributed by atoms with Crippen LogP contribution in [0.1, 0.15) is 46.0 Å². The number of halogens is 1. The molecule has 0 aliphatic heterocycles. The summed E-state index contributed by atoms with van der Waals surface area (Å²) in [5.41, 5.74) is 2.25. The van der Waals surface area contributed by atoms with Gasteiger partial charge in [-0.05, 0) is 42.1 Å². The summed E-state index contributed by atoms with van der Waals surface area (Å²) < 4.78 is 0. The van der Waals surface area contributed by atoms with Crippen LogP contribution in [-0.4, -0.2) is 32.0 Å². The minimum absolute atomic E-state index is 0. The molecule has 0 spiro atoms. The van der Waals surface area contributed by atoms with Gasteiger partial charge in [0.2, 0.25) is 0 Å². The fourth-order valence-corrected chi connectivity index (χ4v) is 2.96. The number of hydrogen-bond acceptors (Lipinski definition) is 4. The highest BCUT2D eigenvalue weighted by Crippen LogP contribution is 2.24. The number of carbonyl (C=O) groups is 2. The van der Waals surface area contributed by atoms with Crippen LogP contribution in [0.25, 0.3) is 0 Å². The van der Waals surface area contributed by atoms with E-state index in [1.807, 2.05) is 31.3 Å². The van der Waals surface area contributed by atoms with Gasteiger partial charge < -0.3 is 16.0 Å². The molecule has 0 saturated carbocycles. The summed E-state index contributed by atoms with van der Waals surface area (Å²) in [7, 11) is 1.83. The van der Waals surface area contributed by atoms with Crippen LogP contribution in [0.3, 0.4) is 0 Å². The molecule has 7 heteroatoms. The van der Waals surface area contributed by atoms with Crippen molar-refractivity contribution in [3.8, 4) is 0 Å². The second-order valence-corrected chi connectivity index (χ2v) is 6.67. The zero-order valence-electron chi connectivity index (χ0n) is 14.6. The Morgan fingerprint density at radius 1 is 1.04 bits per heavy atom. The van der Waals surface area contributed by atoms with E-state index in [9.17, 15) is 9.59 Å². The average Bonchev–Trinajstić information content (AvgIpc) is 3.03. The Balaban J connectivity index is 0.00000312. The summed E-state index contributed by atoms with van der Waals surface area (Å²) in [5.74, 6) is 0.0290. The lowest BCUT2D eigenvalue weighted by atomic mass is 10.0. The molecule has 0 fully saturated rings. The van der Waals surface area contributed by atoms with Gasteiger partial charge in [0.05, 0.1) is 5.56 Å². The number of anilines is 1. The van der Waals surface area contributed by atoms with E-state index in [0.29, 0.717) is 35.1 Å². The molecule has 0 atom stereocenters. The molecule has 0 unspecified atom stereocenters. The van der Waals surface area contributed by atoms with Gasteiger partial charge in [-0.25, -0.2) is 0 Å². The highest BCUT2D eigenvalue weighted by Gasteiger charge is 2.15. The van der Waals surface area contributed by atoms with Crippen LogP contribution in [-0.2, 0) is 0 Å². The molecule has 2 amide bonds. The monoisotopic (exact) mass is 381 g/mol. The highest BCUT2D eigenvalue weighted by molar-refractivity contribution is 7.14. The molecular weight excluding hydrogens is 358 g/mol. The maximum atomic E-state index is 12.4. The lowest BCUT2D eigenvalue weighted by Gasteiger charge is -2.09. The van der Waals surface area contributed by atoms with Crippen molar-refractivity contribution in [2.24, 2.45) is 0 Å². The van der Waals surface area contributed by atoms with Crippen LogP contribution in [0.5, 0.6) is 0 Å². The van der Waals surface area contributed by atoms with E-state index >= 15 is 0 Å². The van der Waals surface area contributed by atoms with Crippen LogP contribution >= 0.6 is 23.7 Å². The number of hydrogen-bond donors (Lipinski definition) is 3. The second kappa shape index (κ2) is 10.2. The summed E-state index contributed by atoms with van der Waals surface area (Å²) in [4.78, 5) is 24.5. The first-order valence-electron chi connectivity index (χ1n) is 7.94. The Labute approximate surface area is 158 Å². The van der Waals surface area contributed by atoms with E-state index in [0.717, 1.165) is 0 Å². The third-order valence-corrected chi connectivity index (χ3v) is 4.47. The molecule has 0 bridgehead atoms. The van der Waals surface area contributed by atoms with Crippen molar-refractivity contribution in [2.75, 3.05) is 25.5 Å². The van der Waals surface area contributed by atoms with E-state index < -0.39 is 0 Å². The quantitative estimate of drug-likeness (QED) is 0.643. The first-order chi connectivity index (χ1) is 11.5. The van der Waals surface area contributed by atoms with Gasteiger partial charge in [0, 0.05) is 18.7 Å². The number of thiophene rings is 1. The maximum Gasteiger partial charge on any atom is 0.256 e. The first kappa shape index (κ1) is 21.2. The number of nitrogens with one attached hydrogen (secondary N) is 3. The van der Waals surface area contributed by atoms with E-state index in [1.165, 1.54) is 16.9 Å². The lowest BCUT2D eigenvalue weighted by Crippen LogP contribution is -2.30. The molecule has 5 nitrogen and oxygen atoms in total. The number of amides is 2. The van der Waals surface area contributed by atoms with Gasteiger partial charge in [-0.1, -0.05) is 26.0 Å². The lowest BCUT2D eigenvalue weighted by molar-refractivity contribution is 0.0955. The van der Waals surface area contributed by atoms with Crippen molar-refractivity contribution < 1.29 is 9.59 Å². The molecule has 2 rings (SSSR count). The van der Waals surface area contributed by atoms with Gasteiger partial charge in [-0.2, -0.15) is 0 Å². The van der Waals surface area contributed by atoms with Crippen molar-refractivity contribution in [1.82, 2.24) is 10.6 Å². The number of likely N-dealkylation sites (N-methyl/N-ethyl adjacent to an activating group) is 1. The molecule has 0 aliphatic rings. The Kier molecular flexibility index (Phi) is 8.61. The van der Waals surface area contributed by atoms with Crippen LogP contribution < -0.4 is 16.0 Å². The number of benzene rings is 1. The van der Waals surface area contributed by atoms with E-state index in [4.69, 9.17) is 0 Å². The van der Waals surface area contributed by atoms with Gasteiger partial charge in [-0.15, -0.1) is 23.7 Å². The standard InChI is InChI=1S/C18H23N3O2S.ClH/c1-12(2)13-4-6-14(7-5-13)16(22)21-18-15(8-11-24-18)17(23)20-10-9-19-3;/h4-8,11-12,19H,9-10H2,1-3H3,(H,20,23)(H,21,22);1H. The van der Waals surface area contributed by atoms with Crippen molar-refractivity contribution in [3.05, 3.63) is 52.4 Å². The molecule has 0 radical (unpaired) electrons. The summed E-state index contributed by atoms with van der Waals surface area (Å²) in [6.45, 7) is 5.45. The molecule has 1 aromatic heterocycles. The highest BCUT2D eigenvalue weighted by atomic mass is 35.5. The minimum Gasteiger partial charge on any atom is -0.351 e. The van der Waals surface area contributed by atoms with Crippen molar-refractivity contribution in [1.29, 1.82) is 0 Å². The number of carbonyl (C=O) groups excluding carboxylic acids is 2. The summed E-state index contributed by atoms with van der Waals surface area (Å²) in [5, 5.41) is 11.0. The first-order valence-corrected chi connectivity index (χ1v) is 8.82. The minimum atomic E-state index is -0.211. The van der Waals surface area contributed by atoms with Crippen molar-refractivity contribution in [3.63, 3.8) is 0 Å². The predicted octanol–water partition coefficient (Wildman–Crippen LogP) is 3.49. The third-order valence-electron chi connectivity index (χ3n) is 3.64. The van der Waals surface area contributed by atoms with Crippen molar-refractivity contribution >= 4 is 40.6 Å². The molecule has 25 heavy (non-hydrogen) atoms. The van der Waals surface area contributed by atoms with Crippen LogP contribution in [0.2, 0.25) is 0 Å². The molecule has 3 N–H and O–H groups in total. The van der Waals surface area contributed by atoms with Crippen LogP contribution in [0.4, 0.5) is 5.00 Å². The topological polar surface area (TPSA) is 70.2 Å². The Bertz CT molecular complexity index is 699. The largest absolute Gasteiger partial charge is 0.351 e. The predicted molar refractivity (Wildman–Crippen MR) is 106 cm³/mol. The van der Waals surface area contributed by atoms with Gasteiger partial charge >= 0.3 is 0 Å². The smallest absolute Gasteiger partial charge is 0.256 e. The van der Waals surface area contributed by atoms with E-state index in [2.05, 4.69) is 29.8 Å². The normalized spacial score (nSPS) is 10.2. The number of rotatable bonds is 7. The Morgan fingerprint density at radius 2 is 1.72 bits per heavy atom. The van der Waals surface area contributed by atoms with Gasteiger partial charge in [0.25, 0.3) is 11.8 Å². The third kappa shape index (κ3) is 5.85. The zero-order chi connectivity index (χ0) is 17.5. The average molecular weight is 382 g/mol. The van der Waals surface area contributed by atoms with Crippen LogP contribution in [0, 0.1) is 0 Å². The maximum absolute atomic E-state index is 12.4. The molecule has 1 aromatic carbocycles. The van der Waals surface area contributed by atoms with Gasteiger partial charge in [0.1, 0.15) is 5.00 Å². The molecular formula is C18H24ClN3O2S. The van der Waals surface area contributed by atoms with Crippen LogP contribution in [0.15, 0.2) is 35.7 Å². The summed E-state index contributed by atoms with van der Waals surface area (Å²) >= 11 is 1.34. The fourth-order valence-electron chi connectivity index (χ4n) is 2.18. The summed E-state index contributed by atoms with van der Waals surface area (Å²) in [6, 6.07) is 9.26. The summed E-state index contributed by atoms with van der Waals surface area (Å²) in [6.07, 6.45) is 0. The molecule has 2 aromatic rings. The van der Waals surface area contributed by atoms with E-state index in [1.54, 1.807) is 11.4 Å². The SMILES string of the molecule is CNCCNC(=O)c1ccsc1NC(=O)c1ccc(C(C)C)cc1.Cl. The van der Waals surface area contributed by atoms with Gasteiger partial charge in [0.15, 0.2) is 0 Å². The van der Waals surface area contributed by atoms with E-state index in [-0.39, 0.29) is 24.2 Å². The molecule has 136 valence electrons. The van der Waals surface area contributed by atoms with Crippen molar-refractivity contribution in [2.45, 2.75) is 19.8 Å².